The van der Waals surface area contributed by atoms with Gasteiger partial charge in [-0.3, -0.25) is 23.4 Å². The summed E-state index contributed by atoms with van der Waals surface area (Å²) in [7, 11) is -4.74. The summed E-state index contributed by atoms with van der Waals surface area (Å²) in [5, 5.41) is 8.89. The van der Waals surface area contributed by atoms with E-state index in [1.54, 1.807) is 0 Å². The number of carboxylic acid groups (broad SMARTS) is 1. The average Bonchev–Trinajstić information content (AvgIpc) is 3.20. The van der Waals surface area contributed by atoms with Gasteiger partial charge in [-0.2, -0.15) is 0 Å². The molecule has 3 atom stereocenters. The van der Waals surface area contributed by atoms with Gasteiger partial charge < -0.3 is 25.2 Å². The summed E-state index contributed by atoms with van der Waals surface area (Å²) >= 11 is 0. The van der Waals surface area contributed by atoms with Crippen LogP contribution < -0.4 is 5.73 Å². The first-order valence-corrected chi connectivity index (χ1v) is 23.1. The van der Waals surface area contributed by atoms with E-state index in [1.807, 2.05) is 12.2 Å². The fraction of sp³-hybridized carbons (Fsp3) is 0.630. The van der Waals surface area contributed by atoms with Gasteiger partial charge in [0.1, 0.15) is 12.6 Å². The highest BCUT2D eigenvalue weighted by molar-refractivity contribution is 7.47. The zero-order valence-electron chi connectivity index (χ0n) is 35.6. The number of carbonyl (C=O) groups is 3. The minimum Gasteiger partial charge on any atom is -0.480 e. The Morgan fingerprint density at radius 1 is 0.552 bits per heavy atom. The molecule has 0 fully saturated rings. The highest BCUT2D eigenvalue weighted by Gasteiger charge is 2.28. The maximum absolute atomic E-state index is 12.6. The molecule has 0 aliphatic carbocycles. The Morgan fingerprint density at radius 2 is 0.983 bits per heavy atom. The predicted octanol–water partition coefficient (Wildman–Crippen LogP) is 11.5. The Labute approximate surface area is 350 Å². The van der Waals surface area contributed by atoms with E-state index in [-0.39, 0.29) is 19.4 Å². The van der Waals surface area contributed by atoms with Crippen LogP contribution in [-0.2, 0) is 37.5 Å². The first-order chi connectivity index (χ1) is 28.1. The molecular formula is C46H76NO10P. The van der Waals surface area contributed by atoms with Crippen LogP contribution in [0.15, 0.2) is 85.1 Å². The number of carboxylic acids is 1. The van der Waals surface area contributed by atoms with Crippen molar-refractivity contribution in [1.29, 1.82) is 0 Å². The lowest BCUT2D eigenvalue weighted by Gasteiger charge is -2.20. The summed E-state index contributed by atoms with van der Waals surface area (Å²) in [6.07, 6.45) is 49.4. The number of unbranched alkanes of at least 4 members (excludes halogenated alkanes) is 11. The van der Waals surface area contributed by atoms with Crippen LogP contribution in [0.5, 0.6) is 0 Å². The van der Waals surface area contributed by atoms with Crippen molar-refractivity contribution >= 4 is 25.7 Å². The van der Waals surface area contributed by atoms with Gasteiger partial charge in [0.25, 0.3) is 0 Å². The Morgan fingerprint density at radius 3 is 1.50 bits per heavy atom. The molecule has 0 amide bonds. The molecule has 0 heterocycles. The summed E-state index contributed by atoms with van der Waals surface area (Å²) in [6.45, 7) is 2.58. The second kappa shape index (κ2) is 40.4. The van der Waals surface area contributed by atoms with E-state index in [1.165, 1.54) is 38.5 Å². The average molecular weight is 834 g/mol. The van der Waals surface area contributed by atoms with Crippen molar-refractivity contribution in [2.24, 2.45) is 5.73 Å². The summed E-state index contributed by atoms with van der Waals surface area (Å²) in [6, 6.07) is -1.54. The highest BCUT2D eigenvalue weighted by Crippen LogP contribution is 2.43. The van der Waals surface area contributed by atoms with E-state index in [0.717, 1.165) is 70.6 Å². The van der Waals surface area contributed by atoms with E-state index in [9.17, 15) is 23.8 Å². The van der Waals surface area contributed by atoms with E-state index in [0.29, 0.717) is 19.3 Å². The molecule has 330 valence electrons. The number of carbonyl (C=O) groups excluding carboxylic acids is 2. The van der Waals surface area contributed by atoms with Crippen molar-refractivity contribution in [3.63, 3.8) is 0 Å². The Bertz CT molecular complexity index is 1300. The summed E-state index contributed by atoms with van der Waals surface area (Å²) in [5.74, 6) is -2.48. The number of phosphoric ester groups is 1. The lowest BCUT2D eigenvalue weighted by atomic mass is 10.1. The molecule has 0 radical (unpaired) electrons. The molecule has 4 N–H and O–H groups in total. The molecule has 0 saturated heterocycles. The summed E-state index contributed by atoms with van der Waals surface area (Å²) in [5.41, 5.74) is 5.33. The Kier molecular flexibility index (Phi) is 38.1. The van der Waals surface area contributed by atoms with Gasteiger partial charge in [-0.15, -0.1) is 0 Å². The van der Waals surface area contributed by atoms with Crippen LogP contribution in [0.3, 0.4) is 0 Å². The molecule has 0 aliphatic heterocycles. The summed E-state index contributed by atoms with van der Waals surface area (Å²) in [4.78, 5) is 45.9. The van der Waals surface area contributed by atoms with E-state index in [2.05, 4.69) is 91.3 Å². The quantitative estimate of drug-likeness (QED) is 0.0233. The largest absolute Gasteiger partial charge is 0.480 e. The SMILES string of the molecule is CC/C=C/C/C=C/C/C=C/C/C=C/C/C=C/CCCC(=O)O[C@H](COC(=O)CCCCCCCCC/C=C/C/C=C/CCCCC)COP(=O)(O)OC[C@H](N)C(=O)O. The molecule has 0 bridgehead atoms. The molecule has 1 unspecified atom stereocenters. The van der Waals surface area contributed by atoms with Crippen molar-refractivity contribution in [2.45, 2.75) is 167 Å². The van der Waals surface area contributed by atoms with Gasteiger partial charge >= 0.3 is 25.7 Å². The second-order valence-electron chi connectivity index (χ2n) is 14.1. The van der Waals surface area contributed by atoms with Crippen LogP contribution in [0.25, 0.3) is 0 Å². The van der Waals surface area contributed by atoms with Crippen LogP contribution in [0.4, 0.5) is 0 Å². The van der Waals surface area contributed by atoms with Gasteiger partial charge in [0.05, 0.1) is 13.2 Å². The molecular weight excluding hydrogens is 757 g/mol. The molecule has 12 heteroatoms. The van der Waals surface area contributed by atoms with E-state index in [4.69, 9.17) is 24.8 Å². The number of hydrogen-bond acceptors (Lipinski definition) is 9. The van der Waals surface area contributed by atoms with E-state index >= 15 is 0 Å². The van der Waals surface area contributed by atoms with Crippen LogP contribution in [0, 0.1) is 0 Å². The normalized spacial score (nSPS) is 14.6. The third kappa shape index (κ3) is 39.5. The fourth-order valence-electron chi connectivity index (χ4n) is 5.25. The molecule has 0 rings (SSSR count). The lowest BCUT2D eigenvalue weighted by Crippen LogP contribution is -2.34. The zero-order valence-corrected chi connectivity index (χ0v) is 36.5. The third-order valence-electron chi connectivity index (χ3n) is 8.63. The Hall–Kier alpha value is -3.34. The van der Waals surface area contributed by atoms with Crippen LogP contribution in [0.1, 0.15) is 155 Å². The predicted molar refractivity (Wildman–Crippen MR) is 235 cm³/mol. The fourth-order valence-corrected chi connectivity index (χ4v) is 6.02. The molecule has 0 aliphatic rings. The molecule has 0 aromatic carbocycles. The first kappa shape index (κ1) is 54.7. The minimum absolute atomic E-state index is 0.0764. The standard InChI is InChI=1S/C46H76NO10P/c1-3-5-7-9-11-13-15-17-19-21-23-25-27-29-31-33-35-37-44(48)54-39-42(40-55-58(52,53)56-41-43(47)46(50)51)57-45(49)38-36-34-32-30-28-26-24-22-20-18-16-14-12-10-8-6-4-2/h6,8,11-14,17-20,24,26,30,32,42-43H,3-5,7,9-10,15-16,21-23,25,27-29,31,33-41,47H2,1-2H3,(H,50,51)(H,52,53)/b8-6+,13-11+,14-12+,19-17+,20-18+,26-24+,32-30+/t42-,43+/m1/s1. The van der Waals surface area contributed by atoms with Crippen molar-refractivity contribution in [1.82, 2.24) is 0 Å². The summed E-state index contributed by atoms with van der Waals surface area (Å²) < 4.78 is 32.6. The Balaban J connectivity index is 4.49. The first-order valence-electron chi connectivity index (χ1n) is 21.6. The molecule has 0 saturated carbocycles. The molecule has 0 aromatic rings. The van der Waals surface area contributed by atoms with Crippen LogP contribution >= 0.6 is 7.82 Å². The van der Waals surface area contributed by atoms with Crippen molar-refractivity contribution in [3.8, 4) is 0 Å². The maximum atomic E-state index is 12.6. The number of nitrogens with two attached hydrogens (primary N) is 1. The van der Waals surface area contributed by atoms with Gasteiger partial charge in [0.15, 0.2) is 6.10 Å². The zero-order chi connectivity index (χ0) is 42.8. The topological polar surface area (TPSA) is 172 Å². The molecule has 58 heavy (non-hydrogen) atoms. The monoisotopic (exact) mass is 834 g/mol. The van der Waals surface area contributed by atoms with Gasteiger partial charge in [0, 0.05) is 12.8 Å². The third-order valence-corrected chi connectivity index (χ3v) is 9.58. The second-order valence-corrected chi connectivity index (χ2v) is 15.5. The molecule has 0 spiro atoms. The molecule has 0 aromatic heterocycles. The number of phosphoric acid groups is 1. The van der Waals surface area contributed by atoms with Crippen molar-refractivity contribution in [2.75, 3.05) is 19.8 Å². The molecule has 11 nitrogen and oxygen atoms in total. The van der Waals surface area contributed by atoms with Crippen molar-refractivity contribution in [3.05, 3.63) is 85.1 Å². The number of esters is 2. The highest BCUT2D eigenvalue weighted by atomic mass is 31.2. The van der Waals surface area contributed by atoms with Gasteiger partial charge in [-0.05, 0) is 83.5 Å². The number of hydrogen-bond donors (Lipinski definition) is 3. The lowest BCUT2D eigenvalue weighted by molar-refractivity contribution is -0.161. The number of aliphatic carboxylic acids is 1. The van der Waals surface area contributed by atoms with Gasteiger partial charge in [0.2, 0.25) is 0 Å². The van der Waals surface area contributed by atoms with Crippen molar-refractivity contribution < 1.29 is 47.5 Å². The maximum Gasteiger partial charge on any atom is 0.472 e. The van der Waals surface area contributed by atoms with E-state index < -0.39 is 51.1 Å². The number of ether oxygens (including phenoxy) is 2. The van der Waals surface area contributed by atoms with Crippen LogP contribution in [0.2, 0.25) is 0 Å². The minimum atomic E-state index is -4.74. The number of allylic oxidation sites excluding steroid dienone is 14. The number of rotatable bonds is 39. The van der Waals surface area contributed by atoms with Gasteiger partial charge in [-0.25, -0.2) is 4.57 Å². The smallest absolute Gasteiger partial charge is 0.472 e. The van der Waals surface area contributed by atoms with Gasteiger partial charge in [-0.1, -0.05) is 144 Å². The van der Waals surface area contributed by atoms with Crippen LogP contribution in [-0.4, -0.2) is 59.9 Å².